The van der Waals surface area contributed by atoms with Gasteiger partial charge in [0.05, 0.1) is 33.6 Å². The van der Waals surface area contributed by atoms with Gasteiger partial charge in [-0.2, -0.15) is 18.9 Å². The van der Waals surface area contributed by atoms with Crippen molar-refractivity contribution in [2.75, 3.05) is 0 Å². The van der Waals surface area contributed by atoms with Crippen LogP contribution in [0.25, 0.3) is 27.4 Å². The van der Waals surface area contributed by atoms with Crippen molar-refractivity contribution in [1.82, 2.24) is 39.3 Å². The molecule has 35 heavy (non-hydrogen) atoms. The molecule has 1 aromatic carbocycles. The van der Waals surface area contributed by atoms with Crippen LogP contribution in [0, 0.1) is 16.9 Å². The summed E-state index contributed by atoms with van der Waals surface area (Å²) in [4.78, 5) is 4.24. The summed E-state index contributed by atoms with van der Waals surface area (Å²) in [6, 6.07) is 6.18. The lowest BCUT2D eigenvalue weighted by Crippen LogP contribution is -2.35. The van der Waals surface area contributed by atoms with E-state index in [9.17, 15) is 5.21 Å². The molecule has 13 heteroatoms. The molecule has 1 saturated carbocycles. The van der Waals surface area contributed by atoms with Gasteiger partial charge in [-0.05, 0) is 52.5 Å². The van der Waals surface area contributed by atoms with Crippen molar-refractivity contribution < 1.29 is 9.12 Å². The number of halogens is 2. The molecule has 0 bridgehead atoms. The molecule has 0 saturated heterocycles. The summed E-state index contributed by atoms with van der Waals surface area (Å²) in [6.07, 6.45) is 10.8. The maximum atomic E-state index is 15.2. The molecule has 1 aliphatic carbocycles. The van der Waals surface area contributed by atoms with E-state index in [1.54, 1.807) is 29.1 Å². The molecule has 1 unspecified atom stereocenters. The number of aromatic nitrogens is 9. The van der Waals surface area contributed by atoms with Crippen LogP contribution in [0.15, 0.2) is 55.5 Å². The predicted octanol–water partition coefficient (Wildman–Crippen LogP) is 3.86. The second-order valence-electron chi connectivity index (χ2n) is 8.33. The maximum absolute atomic E-state index is 15.2. The summed E-state index contributed by atoms with van der Waals surface area (Å²) in [5.74, 6) is -0.124. The molecule has 1 aliphatic rings. The van der Waals surface area contributed by atoms with Gasteiger partial charge in [-0.25, -0.2) is 9.37 Å². The number of tetrazole rings is 1. The molecule has 4 aromatic heterocycles. The number of benzene rings is 1. The Kier molecular flexibility index (Phi) is 5.46. The van der Waals surface area contributed by atoms with Crippen molar-refractivity contribution in [3.05, 3.63) is 77.3 Å². The minimum absolute atomic E-state index is 0.0642. The molecule has 0 aliphatic heterocycles. The summed E-state index contributed by atoms with van der Waals surface area (Å²) >= 11 is 7.35. The van der Waals surface area contributed by atoms with Gasteiger partial charge in [-0.15, -0.1) is 5.10 Å². The molecule has 0 N–H and O–H groups in total. The van der Waals surface area contributed by atoms with Crippen molar-refractivity contribution >= 4 is 23.1 Å². The molecule has 10 nitrogen and oxygen atoms in total. The first-order valence-corrected chi connectivity index (χ1v) is 12.0. The number of rotatable bonds is 7. The van der Waals surface area contributed by atoms with E-state index >= 15 is 4.39 Å². The van der Waals surface area contributed by atoms with Crippen LogP contribution in [-0.2, 0) is 0 Å². The van der Waals surface area contributed by atoms with Crippen LogP contribution in [0.4, 0.5) is 4.39 Å². The van der Waals surface area contributed by atoms with Crippen molar-refractivity contribution in [2.45, 2.75) is 25.3 Å². The molecule has 176 valence electrons. The van der Waals surface area contributed by atoms with Gasteiger partial charge in [0.15, 0.2) is 12.0 Å². The van der Waals surface area contributed by atoms with Crippen LogP contribution in [0.3, 0.4) is 0 Å². The van der Waals surface area contributed by atoms with Crippen LogP contribution in [0.2, 0.25) is 5.02 Å². The van der Waals surface area contributed by atoms with Gasteiger partial charge in [-0.3, -0.25) is 4.68 Å². The average molecular weight is 510 g/mol. The summed E-state index contributed by atoms with van der Waals surface area (Å²) in [7, 11) is 0. The average Bonchev–Trinajstić information content (AvgIpc) is 3.31. The third kappa shape index (κ3) is 4.15. The van der Waals surface area contributed by atoms with Crippen LogP contribution in [0.5, 0.6) is 0 Å². The van der Waals surface area contributed by atoms with E-state index in [0.717, 1.165) is 34.6 Å². The van der Waals surface area contributed by atoms with Crippen LogP contribution in [0.1, 0.15) is 31.0 Å². The van der Waals surface area contributed by atoms with Gasteiger partial charge in [0.2, 0.25) is 5.69 Å². The van der Waals surface area contributed by atoms with E-state index in [4.69, 9.17) is 11.6 Å². The Morgan fingerprint density at radius 2 is 2.11 bits per heavy atom. The third-order valence-corrected chi connectivity index (χ3v) is 7.03. The quantitative estimate of drug-likeness (QED) is 0.242. The lowest BCUT2D eigenvalue weighted by atomic mass is 10.0. The van der Waals surface area contributed by atoms with Crippen LogP contribution in [-0.4, -0.2) is 39.3 Å². The van der Waals surface area contributed by atoms with Gasteiger partial charge in [0.25, 0.3) is 0 Å². The topological polar surface area (TPSA) is 114 Å². The lowest BCUT2D eigenvalue weighted by Gasteiger charge is -2.18. The Morgan fingerprint density at radius 3 is 2.83 bits per heavy atom. The molecule has 0 radical (unpaired) electrons. The molecule has 1 atom stereocenters. The first-order valence-electron chi connectivity index (χ1n) is 10.8. The van der Waals surface area contributed by atoms with Crippen molar-refractivity contribution in [2.24, 2.45) is 5.92 Å². The zero-order chi connectivity index (χ0) is 23.9. The molecule has 5 aromatic rings. The fourth-order valence-electron chi connectivity index (χ4n) is 4.13. The fourth-order valence-corrected chi connectivity index (χ4v) is 4.79. The SMILES string of the molecule is [O-][n+]1cc(-c2c(-n3cnnn3)ccc(Cl)c2F)ccc1C(CC1CC1)n1cc(-c2ncns2)cn1. The predicted molar refractivity (Wildman–Crippen MR) is 125 cm³/mol. The highest BCUT2D eigenvalue weighted by atomic mass is 35.5. The van der Waals surface area contributed by atoms with Gasteiger partial charge in [-0.1, -0.05) is 24.4 Å². The van der Waals surface area contributed by atoms with E-state index in [0.29, 0.717) is 22.9 Å². The summed E-state index contributed by atoms with van der Waals surface area (Å²) in [5.41, 5.74) is 2.22. The molecule has 4 heterocycles. The number of hydrogen-bond acceptors (Lipinski definition) is 8. The Bertz CT molecular complexity index is 1490. The number of nitrogens with zero attached hydrogens (tertiary/aromatic N) is 9. The van der Waals surface area contributed by atoms with Gasteiger partial charge in [0.1, 0.15) is 23.7 Å². The van der Waals surface area contributed by atoms with E-state index < -0.39 is 5.82 Å². The normalized spacial score (nSPS) is 14.3. The summed E-state index contributed by atoms with van der Waals surface area (Å²) in [5, 5.41) is 29.6. The van der Waals surface area contributed by atoms with E-state index in [1.165, 1.54) is 41.1 Å². The Hall–Kier alpha value is -3.77. The molecular formula is C22H17ClFN9OS. The van der Waals surface area contributed by atoms with Gasteiger partial charge < -0.3 is 5.21 Å². The van der Waals surface area contributed by atoms with Crippen molar-refractivity contribution in [3.8, 4) is 27.4 Å². The highest BCUT2D eigenvalue weighted by molar-refractivity contribution is 7.09. The first-order chi connectivity index (χ1) is 17.1. The Morgan fingerprint density at radius 1 is 1.23 bits per heavy atom. The first kappa shape index (κ1) is 21.7. The number of pyridine rings is 1. The van der Waals surface area contributed by atoms with E-state index in [-0.39, 0.29) is 16.6 Å². The summed E-state index contributed by atoms with van der Waals surface area (Å²) < 4.78 is 23.1. The van der Waals surface area contributed by atoms with Crippen molar-refractivity contribution in [1.29, 1.82) is 0 Å². The Labute approximate surface area is 207 Å². The van der Waals surface area contributed by atoms with E-state index in [1.807, 2.05) is 6.20 Å². The van der Waals surface area contributed by atoms with Crippen LogP contribution >= 0.6 is 23.1 Å². The molecule has 6 rings (SSSR count). The monoisotopic (exact) mass is 509 g/mol. The standard InChI is InChI=1S/C22H17ClFN9OS/c23-16-4-6-18(32-12-26-29-30-32)20(21(16)24)14-3-5-17(33(34)10-14)19(7-13-1-2-13)31-9-15(8-27-31)22-25-11-28-35-22/h3-6,8-13,19H,1-2,7H2. The highest BCUT2D eigenvalue weighted by Crippen LogP contribution is 2.39. The van der Waals surface area contributed by atoms with Gasteiger partial charge >= 0.3 is 0 Å². The second-order valence-corrected chi connectivity index (χ2v) is 9.52. The zero-order valence-electron chi connectivity index (χ0n) is 18.1. The fraction of sp³-hybridized carbons (Fsp3) is 0.227. The molecule has 1 fully saturated rings. The Balaban J connectivity index is 1.41. The molecule has 0 spiro atoms. The summed E-state index contributed by atoms with van der Waals surface area (Å²) in [6.45, 7) is 0. The largest absolute Gasteiger partial charge is 0.618 e. The number of hydrogen-bond donors (Lipinski definition) is 0. The van der Waals surface area contributed by atoms with Crippen LogP contribution < -0.4 is 4.73 Å². The minimum Gasteiger partial charge on any atom is -0.618 e. The molecule has 0 amide bonds. The second kappa shape index (κ2) is 8.78. The van der Waals surface area contributed by atoms with E-state index in [2.05, 4.69) is 30.0 Å². The minimum atomic E-state index is -0.657. The zero-order valence-corrected chi connectivity index (χ0v) is 19.6. The van der Waals surface area contributed by atoms with Crippen molar-refractivity contribution in [3.63, 3.8) is 0 Å². The molecular weight excluding hydrogens is 493 g/mol. The smallest absolute Gasteiger partial charge is 0.217 e. The highest BCUT2D eigenvalue weighted by Gasteiger charge is 2.32. The lowest BCUT2D eigenvalue weighted by molar-refractivity contribution is -0.615. The maximum Gasteiger partial charge on any atom is 0.217 e. The third-order valence-electron chi connectivity index (χ3n) is 6.03. The van der Waals surface area contributed by atoms with Gasteiger partial charge in [0, 0.05) is 12.3 Å².